The molecule has 2 rings (SSSR count). The smallest absolute Gasteiger partial charge is 0.141 e. The molecule has 5 heteroatoms. The zero-order valence-electron chi connectivity index (χ0n) is 13.4. The second-order valence-electron chi connectivity index (χ2n) is 6.08. The lowest BCUT2D eigenvalue weighted by Crippen LogP contribution is -2.57. The van der Waals surface area contributed by atoms with Crippen molar-refractivity contribution in [1.29, 1.82) is 0 Å². The van der Waals surface area contributed by atoms with Crippen molar-refractivity contribution in [2.75, 3.05) is 0 Å². The fourth-order valence-electron chi connectivity index (χ4n) is 2.66. The van der Waals surface area contributed by atoms with Gasteiger partial charge in [-0.25, -0.2) is 0 Å². The van der Waals surface area contributed by atoms with E-state index in [1.807, 2.05) is 74.5 Å². The first-order valence-electron chi connectivity index (χ1n) is 7.54. The Morgan fingerprint density at radius 1 is 1.00 bits per heavy atom. The molecule has 0 radical (unpaired) electrons. The lowest BCUT2D eigenvalue weighted by molar-refractivity contribution is 0.638. The molecule has 0 amide bonds. The summed E-state index contributed by atoms with van der Waals surface area (Å²) in [5.74, 6) is 0.872. The zero-order valence-corrected chi connectivity index (χ0v) is 16.0. The minimum Gasteiger partial charge on any atom is -0.310 e. The predicted octanol–water partition coefficient (Wildman–Crippen LogP) is 4.33. The Balaban J connectivity index is 2.51. The molecule has 0 bridgehead atoms. The van der Waals surface area contributed by atoms with E-state index in [0.717, 1.165) is 11.1 Å². The quantitative estimate of drug-likeness (QED) is 0.589. The largest absolute Gasteiger partial charge is 0.310 e. The van der Waals surface area contributed by atoms with E-state index in [0.29, 0.717) is 11.5 Å². The zero-order chi connectivity index (χ0) is 16.9. The SMILES string of the molecule is CC(C)S(=O)(Cc1ccccc1)(Cc1ccccc1)NC(=S)S. The third-order valence-electron chi connectivity index (χ3n) is 4.08. The molecule has 0 saturated carbocycles. The lowest BCUT2D eigenvalue weighted by atomic mass is 10.2. The first-order valence-corrected chi connectivity index (χ1v) is 10.8. The van der Waals surface area contributed by atoms with Crippen LogP contribution in [0.2, 0.25) is 0 Å². The summed E-state index contributed by atoms with van der Waals surface area (Å²) < 4.78 is 17.8. The van der Waals surface area contributed by atoms with Crippen LogP contribution < -0.4 is 4.72 Å². The molecule has 0 heterocycles. The first kappa shape index (κ1) is 18.2. The van der Waals surface area contributed by atoms with Crippen LogP contribution in [0.5, 0.6) is 0 Å². The van der Waals surface area contributed by atoms with E-state index in [2.05, 4.69) is 17.4 Å². The van der Waals surface area contributed by atoms with Crippen molar-refractivity contribution < 1.29 is 4.21 Å². The fraction of sp³-hybridized carbons (Fsp3) is 0.278. The van der Waals surface area contributed by atoms with Crippen LogP contribution in [0.3, 0.4) is 0 Å². The Labute approximate surface area is 149 Å². The van der Waals surface area contributed by atoms with Crippen LogP contribution in [0.4, 0.5) is 0 Å². The number of nitrogens with one attached hydrogen (secondary N) is 1. The van der Waals surface area contributed by atoms with Gasteiger partial charge in [-0.2, -0.15) is 0 Å². The van der Waals surface area contributed by atoms with E-state index < -0.39 is 9.25 Å². The molecule has 2 aromatic carbocycles. The predicted molar refractivity (Wildman–Crippen MR) is 108 cm³/mol. The average molecular weight is 366 g/mol. The van der Waals surface area contributed by atoms with Gasteiger partial charge in [0.15, 0.2) is 0 Å². The molecule has 0 spiro atoms. The summed E-state index contributed by atoms with van der Waals surface area (Å²) in [6.45, 7) is 3.97. The maximum absolute atomic E-state index is 14.4. The molecule has 0 saturated heterocycles. The van der Waals surface area contributed by atoms with E-state index in [9.17, 15) is 4.21 Å². The van der Waals surface area contributed by atoms with Gasteiger partial charge in [0.2, 0.25) is 0 Å². The summed E-state index contributed by atoms with van der Waals surface area (Å²) in [4.78, 5) is 0. The minimum atomic E-state index is -3.33. The Kier molecular flexibility index (Phi) is 5.65. The summed E-state index contributed by atoms with van der Waals surface area (Å²) in [5, 5.41) is -0.0856. The van der Waals surface area contributed by atoms with Crippen molar-refractivity contribution in [3.8, 4) is 0 Å². The van der Waals surface area contributed by atoms with Crippen LogP contribution in [0.25, 0.3) is 0 Å². The molecule has 0 atom stereocenters. The highest BCUT2D eigenvalue weighted by atomic mass is 32.3. The van der Waals surface area contributed by atoms with Crippen molar-refractivity contribution in [2.24, 2.45) is 0 Å². The van der Waals surface area contributed by atoms with Gasteiger partial charge in [0, 0.05) is 16.8 Å². The van der Waals surface area contributed by atoms with Gasteiger partial charge in [-0.3, -0.25) is 4.21 Å². The average Bonchev–Trinajstić information content (AvgIpc) is 2.48. The molecule has 0 fully saturated rings. The maximum Gasteiger partial charge on any atom is 0.141 e. The van der Waals surface area contributed by atoms with Gasteiger partial charge in [0.05, 0.1) is 0 Å². The highest BCUT2D eigenvalue weighted by Gasteiger charge is 2.41. The van der Waals surface area contributed by atoms with Crippen molar-refractivity contribution in [1.82, 2.24) is 4.72 Å². The van der Waals surface area contributed by atoms with Crippen LogP contribution in [0.15, 0.2) is 60.7 Å². The molecular weight excluding hydrogens is 342 g/mol. The number of hydrogen-bond donors (Lipinski definition) is 2. The van der Waals surface area contributed by atoms with Crippen LogP contribution in [0.1, 0.15) is 25.0 Å². The molecule has 2 nitrogen and oxygen atoms in total. The molecule has 124 valence electrons. The first-order chi connectivity index (χ1) is 10.8. The summed E-state index contributed by atoms with van der Waals surface area (Å²) in [5.41, 5.74) is 2.07. The third kappa shape index (κ3) is 4.43. The van der Waals surface area contributed by atoms with Crippen LogP contribution in [-0.4, -0.2) is 13.8 Å². The van der Waals surface area contributed by atoms with Gasteiger partial charge in [0.25, 0.3) is 0 Å². The van der Waals surface area contributed by atoms with Gasteiger partial charge in [-0.1, -0.05) is 86.7 Å². The summed E-state index contributed by atoms with van der Waals surface area (Å²) >= 11 is 9.37. The van der Waals surface area contributed by atoms with Gasteiger partial charge >= 0.3 is 0 Å². The summed E-state index contributed by atoms with van der Waals surface area (Å²) in [6.07, 6.45) is 0. The van der Waals surface area contributed by atoms with Crippen molar-refractivity contribution in [3.63, 3.8) is 0 Å². The fourth-order valence-corrected chi connectivity index (χ4v) is 7.33. The van der Waals surface area contributed by atoms with Crippen molar-refractivity contribution >= 4 is 38.4 Å². The second-order valence-corrected chi connectivity index (χ2v) is 11.7. The van der Waals surface area contributed by atoms with E-state index in [-0.39, 0.29) is 9.57 Å². The molecule has 0 aliphatic heterocycles. The Morgan fingerprint density at radius 3 is 1.70 bits per heavy atom. The van der Waals surface area contributed by atoms with Crippen LogP contribution in [0, 0.1) is 0 Å². The van der Waals surface area contributed by atoms with E-state index in [1.54, 1.807) is 0 Å². The molecule has 0 unspecified atom stereocenters. The van der Waals surface area contributed by atoms with Gasteiger partial charge in [0.1, 0.15) is 4.32 Å². The van der Waals surface area contributed by atoms with Gasteiger partial charge in [-0.15, -0.1) is 12.6 Å². The molecule has 0 aliphatic rings. The topological polar surface area (TPSA) is 29.1 Å². The number of hydrogen-bond acceptors (Lipinski definition) is 2. The Morgan fingerprint density at radius 2 is 1.39 bits per heavy atom. The van der Waals surface area contributed by atoms with Gasteiger partial charge in [-0.05, 0) is 20.4 Å². The lowest BCUT2D eigenvalue weighted by Gasteiger charge is -2.47. The highest BCUT2D eigenvalue weighted by Crippen LogP contribution is 2.36. The second kappa shape index (κ2) is 7.16. The van der Waals surface area contributed by atoms with Crippen LogP contribution >= 0.6 is 24.8 Å². The molecular formula is C18H23NOS3. The van der Waals surface area contributed by atoms with E-state index in [1.165, 1.54) is 0 Å². The van der Waals surface area contributed by atoms with Gasteiger partial charge < -0.3 is 4.72 Å². The Hall–Kier alpha value is -1.17. The third-order valence-corrected chi connectivity index (χ3v) is 9.39. The maximum atomic E-state index is 14.4. The Bertz CT molecular complexity index is 681. The van der Waals surface area contributed by atoms with E-state index in [4.69, 9.17) is 12.2 Å². The molecule has 23 heavy (non-hydrogen) atoms. The summed E-state index contributed by atoms with van der Waals surface area (Å²) in [7, 11) is -3.33. The number of thiocarbonyl (C=S) groups is 1. The standard InChI is InChI=1S/C18H23NOS3/c1-15(2)23(20,19-18(21)22,13-16-9-5-3-6-10-16)14-17-11-7-4-8-12-17/h3-12,15H,13-14H2,1-2H3,(H2,19,20,21,22). The molecule has 1 N–H and O–H groups in total. The van der Waals surface area contributed by atoms with E-state index >= 15 is 0 Å². The monoisotopic (exact) mass is 365 g/mol. The number of rotatable bonds is 6. The van der Waals surface area contributed by atoms with Crippen LogP contribution in [-0.2, 0) is 20.8 Å². The molecule has 0 aliphatic carbocycles. The van der Waals surface area contributed by atoms with Crippen molar-refractivity contribution in [2.45, 2.75) is 30.6 Å². The molecule has 0 aromatic heterocycles. The normalized spacial score (nSPS) is 13.3. The highest BCUT2D eigenvalue weighted by molar-refractivity contribution is 8.21. The molecule has 2 aromatic rings. The summed E-state index contributed by atoms with van der Waals surface area (Å²) in [6, 6.07) is 19.8. The number of thiol groups is 1. The van der Waals surface area contributed by atoms with Crippen molar-refractivity contribution in [3.05, 3.63) is 71.8 Å². The number of benzene rings is 2. The minimum absolute atomic E-state index is 0.0856.